The zero-order chi connectivity index (χ0) is 20.4. The van der Waals surface area contributed by atoms with Crippen LogP contribution in [0.1, 0.15) is 54.6 Å². The van der Waals surface area contributed by atoms with Crippen molar-refractivity contribution in [3.05, 3.63) is 59.2 Å². The van der Waals surface area contributed by atoms with E-state index in [0.717, 1.165) is 16.8 Å². The highest BCUT2D eigenvalue weighted by Gasteiger charge is 2.35. The smallest absolute Gasteiger partial charge is 0.229 e. The van der Waals surface area contributed by atoms with Gasteiger partial charge in [-0.1, -0.05) is 44.2 Å². The van der Waals surface area contributed by atoms with E-state index in [4.69, 9.17) is 0 Å². The minimum Gasteiger partial charge on any atom is -0.325 e. The Morgan fingerprint density at radius 3 is 2.54 bits per heavy atom. The van der Waals surface area contributed by atoms with Gasteiger partial charge < -0.3 is 10.2 Å². The van der Waals surface area contributed by atoms with E-state index < -0.39 is 5.92 Å². The van der Waals surface area contributed by atoms with Crippen LogP contribution in [0.4, 0.5) is 11.4 Å². The van der Waals surface area contributed by atoms with Crippen molar-refractivity contribution in [1.29, 1.82) is 0 Å². The number of para-hydroxylation sites is 1. The van der Waals surface area contributed by atoms with Gasteiger partial charge in [0.2, 0.25) is 11.8 Å². The van der Waals surface area contributed by atoms with Crippen LogP contribution in [0, 0.1) is 12.8 Å². The van der Waals surface area contributed by atoms with Crippen LogP contribution in [0.3, 0.4) is 0 Å². The maximum Gasteiger partial charge on any atom is 0.229 e. The Hall–Kier alpha value is -2.95. The first-order valence-corrected chi connectivity index (χ1v) is 9.59. The second kappa shape index (κ2) is 7.97. The molecule has 1 unspecified atom stereocenters. The van der Waals surface area contributed by atoms with Gasteiger partial charge in [0, 0.05) is 29.9 Å². The van der Waals surface area contributed by atoms with E-state index in [0.29, 0.717) is 17.8 Å². The minimum absolute atomic E-state index is 0.0523. The molecule has 0 radical (unpaired) electrons. The molecule has 5 nitrogen and oxygen atoms in total. The van der Waals surface area contributed by atoms with Gasteiger partial charge in [-0.25, -0.2) is 0 Å². The lowest BCUT2D eigenvalue weighted by Crippen LogP contribution is -2.28. The third-order valence-electron chi connectivity index (χ3n) is 5.24. The number of hydrogen-bond donors (Lipinski definition) is 1. The number of benzene rings is 2. The number of nitrogens with one attached hydrogen (secondary N) is 1. The molecule has 1 heterocycles. The molecule has 1 saturated heterocycles. The molecule has 2 aromatic carbocycles. The first kappa shape index (κ1) is 19.8. The van der Waals surface area contributed by atoms with Gasteiger partial charge in [-0.05, 0) is 43.0 Å². The van der Waals surface area contributed by atoms with Crippen molar-refractivity contribution in [3.8, 4) is 0 Å². The number of hydrogen-bond acceptors (Lipinski definition) is 3. The normalized spacial score (nSPS) is 16.5. The Morgan fingerprint density at radius 2 is 1.86 bits per heavy atom. The minimum atomic E-state index is -0.423. The zero-order valence-electron chi connectivity index (χ0n) is 16.8. The summed E-state index contributed by atoms with van der Waals surface area (Å²) in [5.74, 6) is -0.438. The number of anilines is 2. The van der Waals surface area contributed by atoms with Gasteiger partial charge in [-0.3, -0.25) is 14.4 Å². The fourth-order valence-corrected chi connectivity index (χ4v) is 3.59. The molecule has 1 aliphatic heterocycles. The van der Waals surface area contributed by atoms with Gasteiger partial charge in [0.15, 0.2) is 5.78 Å². The molecular weight excluding hydrogens is 352 g/mol. The van der Waals surface area contributed by atoms with Crippen molar-refractivity contribution >= 4 is 29.0 Å². The van der Waals surface area contributed by atoms with E-state index in [-0.39, 0.29) is 29.9 Å². The molecule has 0 aromatic heterocycles. The molecule has 0 spiro atoms. The number of amides is 2. The zero-order valence-corrected chi connectivity index (χ0v) is 16.8. The van der Waals surface area contributed by atoms with Crippen LogP contribution in [0.5, 0.6) is 0 Å². The first-order valence-electron chi connectivity index (χ1n) is 9.59. The van der Waals surface area contributed by atoms with Gasteiger partial charge in [0.25, 0.3) is 0 Å². The van der Waals surface area contributed by atoms with Gasteiger partial charge in [0.05, 0.1) is 5.92 Å². The quantitative estimate of drug-likeness (QED) is 0.788. The molecule has 3 rings (SSSR count). The Kier molecular flexibility index (Phi) is 5.63. The summed E-state index contributed by atoms with van der Waals surface area (Å²) in [4.78, 5) is 38.6. The Morgan fingerprint density at radius 1 is 1.14 bits per heavy atom. The largest absolute Gasteiger partial charge is 0.325 e. The molecular formula is C23H26N2O3. The number of carbonyl (C=O) groups excluding carboxylic acids is 3. The second-order valence-corrected chi connectivity index (χ2v) is 7.69. The number of nitrogens with zero attached hydrogens (tertiary/aromatic N) is 1. The number of rotatable bonds is 5. The van der Waals surface area contributed by atoms with Gasteiger partial charge in [-0.15, -0.1) is 0 Å². The highest BCUT2D eigenvalue weighted by atomic mass is 16.2. The van der Waals surface area contributed by atoms with Crippen molar-refractivity contribution in [1.82, 2.24) is 0 Å². The maximum atomic E-state index is 12.9. The van der Waals surface area contributed by atoms with Crippen LogP contribution in [-0.2, 0) is 9.59 Å². The van der Waals surface area contributed by atoms with Gasteiger partial charge in [0.1, 0.15) is 0 Å². The molecule has 2 aromatic rings. The summed E-state index contributed by atoms with van der Waals surface area (Å²) in [7, 11) is 0. The van der Waals surface area contributed by atoms with Crippen molar-refractivity contribution in [2.45, 2.75) is 40.0 Å². The second-order valence-electron chi connectivity index (χ2n) is 7.69. The summed E-state index contributed by atoms with van der Waals surface area (Å²) >= 11 is 0. The van der Waals surface area contributed by atoms with Crippen LogP contribution < -0.4 is 10.2 Å². The summed E-state index contributed by atoms with van der Waals surface area (Å²) in [6.45, 7) is 7.96. The molecule has 146 valence electrons. The summed E-state index contributed by atoms with van der Waals surface area (Å²) in [6.07, 6.45) is 0.166. The third-order valence-corrected chi connectivity index (χ3v) is 5.24. The molecule has 1 aliphatic rings. The Labute approximate surface area is 165 Å². The van der Waals surface area contributed by atoms with Crippen LogP contribution in [0.15, 0.2) is 42.5 Å². The fraction of sp³-hybridized carbons (Fsp3) is 0.348. The predicted octanol–water partition coefficient (Wildman–Crippen LogP) is 4.31. The van der Waals surface area contributed by atoms with Crippen LogP contribution in [0.25, 0.3) is 0 Å². The lowest BCUT2D eigenvalue weighted by molar-refractivity contribution is -0.122. The average Bonchev–Trinajstić information content (AvgIpc) is 3.05. The summed E-state index contributed by atoms with van der Waals surface area (Å²) in [5, 5.41) is 3.05. The van der Waals surface area contributed by atoms with Crippen LogP contribution in [-0.4, -0.2) is 24.1 Å². The molecule has 0 saturated carbocycles. The van der Waals surface area contributed by atoms with Crippen LogP contribution >= 0.6 is 0 Å². The standard InChI is InChI=1S/C23H26N2O3/c1-14(2)20-10-5-7-15(3)22(20)24-23(28)18-12-21(27)25(13-18)19-9-6-8-17(11-19)16(4)26/h5-11,14,18H,12-13H2,1-4H3,(H,24,28). The highest BCUT2D eigenvalue weighted by molar-refractivity contribution is 6.04. The number of Topliss-reactive ketones (excluding diaryl/α,β-unsaturated/α-hetero) is 1. The van der Waals surface area contributed by atoms with E-state index >= 15 is 0 Å². The number of aryl methyl sites for hydroxylation is 1. The van der Waals surface area contributed by atoms with E-state index in [2.05, 4.69) is 19.2 Å². The SMILES string of the molecule is CC(=O)c1cccc(N2CC(C(=O)Nc3c(C)cccc3C(C)C)CC2=O)c1. The molecule has 0 bridgehead atoms. The van der Waals surface area contributed by atoms with Crippen molar-refractivity contribution in [2.75, 3.05) is 16.8 Å². The van der Waals surface area contributed by atoms with E-state index in [9.17, 15) is 14.4 Å². The van der Waals surface area contributed by atoms with Crippen LogP contribution in [0.2, 0.25) is 0 Å². The van der Waals surface area contributed by atoms with E-state index in [1.54, 1.807) is 29.2 Å². The lowest BCUT2D eigenvalue weighted by Gasteiger charge is -2.19. The summed E-state index contributed by atoms with van der Waals surface area (Å²) in [5.41, 5.74) is 4.15. The average molecular weight is 378 g/mol. The molecule has 5 heteroatoms. The first-order chi connectivity index (χ1) is 13.3. The Bertz CT molecular complexity index is 933. The topological polar surface area (TPSA) is 66.5 Å². The molecule has 1 atom stereocenters. The highest BCUT2D eigenvalue weighted by Crippen LogP contribution is 2.30. The number of carbonyl (C=O) groups is 3. The summed E-state index contributed by atoms with van der Waals surface area (Å²) in [6, 6.07) is 13.0. The lowest BCUT2D eigenvalue weighted by atomic mass is 9.97. The molecule has 1 N–H and O–H groups in total. The van der Waals surface area contributed by atoms with Gasteiger partial charge >= 0.3 is 0 Å². The Balaban J connectivity index is 1.78. The monoisotopic (exact) mass is 378 g/mol. The number of ketones is 1. The predicted molar refractivity (Wildman–Crippen MR) is 111 cm³/mol. The van der Waals surface area contributed by atoms with E-state index in [1.807, 2.05) is 25.1 Å². The van der Waals surface area contributed by atoms with Crippen molar-refractivity contribution in [3.63, 3.8) is 0 Å². The molecule has 1 fully saturated rings. The van der Waals surface area contributed by atoms with Crippen molar-refractivity contribution in [2.24, 2.45) is 5.92 Å². The van der Waals surface area contributed by atoms with Gasteiger partial charge in [-0.2, -0.15) is 0 Å². The summed E-state index contributed by atoms with van der Waals surface area (Å²) < 4.78 is 0. The molecule has 0 aliphatic carbocycles. The molecule has 2 amide bonds. The fourth-order valence-electron chi connectivity index (χ4n) is 3.59. The third kappa shape index (κ3) is 3.98. The van der Waals surface area contributed by atoms with Crippen molar-refractivity contribution < 1.29 is 14.4 Å². The molecule has 28 heavy (non-hydrogen) atoms. The van der Waals surface area contributed by atoms with E-state index in [1.165, 1.54) is 6.92 Å². The maximum absolute atomic E-state index is 12.9.